The van der Waals surface area contributed by atoms with Crippen molar-refractivity contribution >= 4 is 11.7 Å². The van der Waals surface area contributed by atoms with Crippen LogP contribution in [0.5, 0.6) is 0 Å². The predicted octanol–water partition coefficient (Wildman–Crippen LogP) is 4.52. The lowest BCUT2D eigenvalue weighted by molar-refractivity contribution is 0.0746. The SMILES string of the molecule is CCc1ccc(C(=O)N2CCN(c3nc(C)nc(C)c3Cc3ccc(C)cc3)CC2)cc1. The fourth-order valence-electron chi connectivity index (χ4n) is 4.28. The molecule has 2 heterocycles. The summed E-state index contributed by atoms with van der Waals surface area (Å²) in [6.07, 6.45) is 1.79. The summed E-state index contributed by atoms with van der Waals surface area (Å²) in [5.41, 5.74) is 6.75. The molecule has 5 heteroatoms. The molecule has 0 atom stereocenters. The van der Waals surface area contributed by atoms with E-state index in [2.05, 4.69) is 54.9 Å². The third-order valence-corrected chi connectivity index (χ3v) is 6.28. The predicted molar refractivity (Wildman–Crippen MR) is 129 cm³/mol. The molecule has 0 unspecified atom stereocenters. The normalized spacial score (nSPS) is 14.0. The van der Waals surface area contributed by atoms with Gasteiger partial charge in [0, 0.05) is 49.4 Å². The second kappa shape index (κ2) is 9.51. The van der Waals surface area contributed by atoms with Gasteiger partial charge in [-0.05, 0) is 50.5 Å². The molecule has 1 fully saturated rings. The van der Waals surface area contributed by atoms with Gasteiger partial charge in [0.1, 0.15) is 11.6 Å². The zero-order valence-corrected chi connectivity index (χ0v) is 19.6. The zero-order valence-electron chi connectivity index (χ0n) is 19.6. The van der Waals surface area contributed by atoms with Crippen LogP contribution in [0.2, 0.25) is 0 Å². The molecule has 1 amide bonds. The van der Waals surface area contributed by atoms with Crippen LogP contribution in [0.3, 0.4) is 0 Å². The molecule has 1 aliphatic rings. The van der Waals surface area contributed by atoms with Crippen molar-refractivity contribution in [3.05, 3.63) is 87.9 Å². The fraction of sp³-hybridized carbons (Fsp3) is 0.370. The monoisotopic (exact) mass is 428 g/mol. The molecule has 4 rings (SSSR count). The lowest BCUT2D eigenvalue weighted by Crippen LogP contribution is -2.49. The van der Waals surface area contributed by atoms with Crippen LogP contribution in [0.25, 0.3) is 0 Å². The van der Waals surface area contributed by atoms with Crippen molar-refractivity contribution in [2.45, 2.75) is 40.5 Å². The Kier molecular flexibility index (Phi) is 6.54. The number of piperazine rings is 1. The molecular formula is C27H32N4O. The van der Waals surface area contributed by atoms with E-state index in [9.17, 15) is 4.79 Å². The molecule has 0 spiro atoms. The van der Waals surface area contributed by atoms with Crippen molar-refractivity contribution in [3.63, 3.8) is 0 Å². The molecule has 0 aliphatic carbocycles. The zero-order chi connectivity index (χ0) is 22.7. The highest BCUT2D eigenvalue weighted by atomic mass is 16.2. The summed E-state index contributed by atoms with van der Waals surface area (Å²) in [6, 6.07) is 16.7. The van der Waals surface area contributed by atoms with Gasteiger partial charge in [0.2, 0.25) is 0 Å². The first kappa shape index (κ1) is 22.0. The Bertz CT molecular complexity index is 1080. The summed E-state index contributed by atoms with van der Waals surface area (Å²) in [5.74, 6) is 1.91. The number of rotatable bonds is 5. The van der Waals surface area contributed by atoms with Crippen molar-refractivity contribution in [3.8, 4) is 0 Å². The molecule has 1 saturated heterocycles. The number of hydrogen-bond acceptors (Lipinski definition) is 4. The highest BCUT2D eigenvalue weighted by Gasteiger charge is 2.25. The Morgan fingerprint density at radius 2 is 1.47 bits per heavy atom. The molecule has 166 valence electrons. The Morgan fingerprint density at radius 1 is 0.844 bits per heavy atom. The van der Waals surface area contributed by atoms with Crippen molar-refractivity contribution in [2.75, 3.05) is 31.1 Å². The fourth-order valence-corrected chi connectivity index (χ4v) is 4.28. The number of carbonyl (C=O) groups excluding carboxylic acids is 1. The van der Waals surface area contributed by atoms with E-state index >= 15 is 0 Å². The first-order chi connectivity index (χ1) is 15.4. The van der Waals surface area contributed by atoms with Crippen LogP contribution >= 0.6 is 0 Å². The first-order valence-electron chi connectivity index (χ1n) is 11.5. The van der Waals surface area contributed by atoms with Crippen molar-refractivity contribution in [1.29, 1.82) is 0 Å². The maximum Gasteiger partial charge on any atom is 0.253 e. The average Bonchev–Trinajstić information content (AvgIpc) is 2.81. The smallest absolute Gasteiger partial charge is 0.253 e. The van der Waals surface area contributed by atoms with Crippen LogP contribution in [0.4, 0.5) is 5.82 Å². The highest BCUT2D eigenvalue weighted by Crippen LogP contribution is 2.25. The van der Waals surface area contributed by atoms with Crippen LogP contribution in [-0.2, 0) is 12.8 Å². The first-order valence-corrected chi connectivity index (χ1v) is 11.5. The summed E-state index contributed by atoms with van der Waals surface area (Å²) < 4.78 is 0. The van der Waals surface area contributed by atoms with Gasteiger partial charge in [0.15, 0.2) is 0 Å². The number of amides is 1. The Labute approximate surface area is 191 Å². The molecule has 0 N–H and O–H groups in total. The topological polar surface area (TPSA) is 49.3 Å². The number of aryl methyl sites for hydroxylation is 4. The third-order valence-electron chi connectivity index (χ3n) is 6.28. The molecule has 1 aromatic heterocycles. The summed E-state index contributed by atoms with van der Waals surface area (Å²) in [5, 5.41) is 0. The minimum atomic E-state index is 0.113. The maximum atomic E-state index is 13.0. The van der Waals surface area contributed by atoms with Crippen molar-refractivity contribution < 1.29 is 4.79 Å². The summed E-state index contributed by atoms with van der Waals surface area (Å²) in [6.45, 7) is 11.2. The van der Waals surface area contributed by atoms with E-state index in [0.717, 1.165) is 48.8 Å². The summed E-state index contributed by atoms with van der Waals surface area (Å²) >= 11 is 0. The standard InChI is InChI=1S/C27H32N4O/c1-5-22-10-12-24(13-11-22)27(32)31-16-14-30(15-17-31)26-25(20(3)28-21(4)29-26)18-23-8-6-19(2)7-9-23/h6-13H,5,14-18H2,1-4H3. The molecule has 2 aromatic carbocycles. The molecule has 0 radical (unpaired) electrons. The van der Waals surface area contributed by atoms with E-state index in [4.69, 9.17) is 4.98 Å². The maximum absolute atomic E-state index is 13.0. The number of hydrogen-bond donors (Lipinski definition) is 0. The number of benzene rings is 2. The second-order valence-corrected chi connectivity index (χ2v) is 8.65. The lowest BCUT2D eigenvalue weighted by atomic mass is 10.0. The van der Waals surface area contributed by atoms with Gasteiger partial charge >= 0.3 is 0 Å². The average molecular weight is 429 g/mol. The molecule has 32 heavy (non-hydrogen) atoms. The minimum absolute atomic E-state index is 0.113. The highest BCUT2D eigenvalue weighted by molar-refractivity contribution is 5.94. The number of aromatic nitrogens is 2. The van der Waals surface area contributed by atoms with Gasteiger partial charge in [-0.3, -0.25) is 4.79 Å². The van der Waals surface area contributed by atoms with Crippen molar-refractivity contribution in [2.24, 2.45) is 0 Å². The number of carbonyl (C=O) groups is 1. The van der Waals surface area contributed by atoms with Gasteiger partial charge in [-0.15, -0.1) is 0 Å². The van der Waals surface area contributed by atoms with Gasteiger partial charge in [-0.25, -0.2) is 9.97 Å². The Balaban J connectivity index is 1.50. The van der Waals surface area contributed by atoms with Crippen LogP contribution in [0.15, 0.2) is 48.5 Å². The second-order valence-electron chi connectivity index (χ2n) is 8.65. The summed E-state index contributed by atoms with van der Waals surface area (Å²) in [7, 11) is 0. The third kappa shape index (κ3) is 4.82. The quantitative estimate of drug-likeness (QED) is 0.600. The summed E-state index contributed by atoms with van der Waals surface area (Å²) in [4.78, 5) is 26.7. The molecule has 5 nitrogen and oxygen atoms in total. The van der Waals surface area contributed by atoms with Gasteiger partial charge in [0.25, 0.3) is 5.91 Å². The van der Waals surface area contributed by atoms with Crippen LogP contribution in [-0.4, -0.2) is 47.0 Å². The number of nitrogens with zero attached hydrogens (tertiary/aromatic N) is 4. The van der Waals surface area contributed by atoms with Gasteiger partial charge in [0.05, 0.1) is 0 Å². The molecule has 0 saturated carbocycles. The van der Waals surface area contributed by atoms with E-state index < -0.39 is 0 Å². The lowest BCUT2D eigenvalue weighted by Gasteiger charge is -2.36. The van der Waals surface area contributed by atoms with E-state index in [1.807, 2.05) is 36.1 Å². The molecule has 0 bridgehead atoms. The Hall–Kier alpha value is -3.21. The minimum Gasteiger partial charge on any atom is -0.353 e. The Morgan fingerprint density at radius 3 is 2.09 bits per heavy atom. The molecule has 3 aromatic rings. The van der Waals surface area contributed by atoms with E-state index in [-0.39, 0.29) is 5.91 Å². The number of anilines is 1. The van der Waals surface area contributed by atoms with Crippen LogP contribution in [0, 0.1) is 20.8 Å². The molecule has 1 aliphatic heterocycles. The van der Waals surface area contributed by atoms with E-state index in [0.29, 0.717) is 13.1 Å². The van der Waals surface area contributed by atoms with E-state index in [1.165, 1.54) is 22.3 Å². The molecular weight excluding hydrogens is 396 g/mol. The van der Waals surface area contributed by atoms with Crippen molar-refractivity contribution in [1.82, 2.24) is 14.9 Å². The van der Waals surface area contributed by atoms with Gasteiger partial charge < -0.3 is 9.80 Å². The largest absolute Gasteiger partial charge is 0.353 e. The van der Waals surface area contributed by atoms with Gasteiger partial charge in [-0.2, -0.15) is 0 Å². The van der Waals surface area contributed by atoms with Gasteiger partial charge in [-0.1, -0.05) is 48.9 Å². The van der Waals surface area contributed by atoms with E-state index in [1.54, 1.807) is 0 Å². The van der Waals surface area contributed by atoms with Crippen LogP contribution < -0.4 is 4.90 Å². The van der Waals surface area contributed by atoms with Crippen LogP contribution in [0.1, 0.15) is 51.1 Å².